The Morgan fingerprint density at radius 1 is 0.968 bits per heavy atom. The van der Waals surface area contributed by atoms with E-state index in [0.717, 1.165) is 16.0 Å². The Bertz CT molecular complexity index is 1370. The lowest BCUT2D eigenvalue weighted by atomic mass is 10.1. The molecule has 0 saturated heterocycles. The fraction of sp³-hybridized carbons (Fsp3) is 0.208. The normalized spacial score (nSPS) is 11.0. The summed E-state index contributed by atoms with van der Waals surface area (Å²) >= 11 is 1.59. The molecule has 0 fully saturated rings. The Kier molecular flexibility index (Phi) is 5.86. The summed E-state index contributed by atoms with van der Waals surface area (Å²) in [7, 11) is 0. The van der Waals surface area contributed by atoms with Gasteiger partial charge in [0.15, 0.2) is 0 Å². The Morgan fingerprint density at radius 3 is 2.55 bits per heavy atom. The van der Waals surface area contributed by atoms with Gasteiger partial charge in [0, 0.05) is 17.1 Å². The number of benzene rings is 2. The van der Waals surface area contributed by atoms with Gasteiger partial charge in [-0.25, -0.2) is 4.79 Å². The summed E-state index contributed by atoms with van der Waals surface area (Å²) in [5, 5.41) is 5.29. The van der Waals surface area contributed by atoms with Gasteiger partial charge in [-0.15, -0.1) is 11.3 Å². The number of para-hydroxylation sites is 1. The van der Waals surface area contributed by atoms with Crippen LogP contribution in [0.3, 0.4) is 0 Å². The number of fused-ring (bicyclic) bond motifs is 1. The number of rotatable bonds is 6. The van der Waals surface area contributed by atoms with Crippen molar-refractivity contribution in [1.82, 2.24) is 9.13 Å². The Labute approximate surface area is 183 Å². The first-order chi connectivity index (χ1) is 15.0. The third-order valence-corrected chi connectivity index (χ3v) is 6.41. The first-order valence-corrected chi connectivity index (χ1v) is 10.9. The van der Waals surface area contributed by atoms with Crippen LogP contribution >= 0.6 is 11.3 Å². The van der Waals surface area contributed by atoms with E-state index in [9.17, 15) is 14.4 Å². The molecule has 7 heteroatoms. The van der Waals surface area contributed by atoms with Crippen molar-refractivity contribution >= 4 is 33.8 Å². The molecule has 2 aromatic heterocycles. The Morgan fingerprint density at radius 2 is 1.77 bits per heavy atom. The van der Waals surface area contributed by atoms with Gasteiger partial charge >= 0.3 is 5.69 Å². The van der Waals surface area contributed by atoms with E-state index >= 15 is 0 Å². The van der Waals surface area contributed by atoms with Crippen molar-refractivity contribution in [2.75, 3.05) is 5.32 Å². The van der Waals surface area contributed by atoms with E-state index in [1.807, 2.05) is 49.6 Å². The van der Waals surface area contributed by atoms with Crippen LogP contribution in [-0.2, 0) is 24.3 Å². The van der Waals surface area contributed by atoms with Crippen molar-refractivity contribution in [2.24, 2.45) is 0 Å². The molecule has 31 heavy (non-hydrogen) atoms. The van der Waals surface area contributed by atoms with E-state index in [1.54, 1.807) is 35.6 Å². The zero-order valence-corrected chi connectivity index (χ0v) is 18.2. The fourth-order valence-electron chi connectivity index (χ4n) is 3.62. The van der Waals surface area contributed by atoms with Crippen LogP contribution in [0.2, 0.25) is 0 Å². The predicted octanol–water partition coefficient (Wildman–Crippen LogP) is 3.72. The molecule has 2 aromatic carbocycles. The standard InChI is InChI=1S/C24H23N3O3S/c1-16-7-5-10-20(17(16)2)25-22(28)15-27-21-11-4-3-9-19(21)23(29)26(24(27)30)13-12-18-8-6-14-31-18/h3-11,14H,12-13,15H2,1-2H3,(H,25,28). The molecule has 4 rings (SSSR count). The fourth-order valence-corrected chi connectivity index (χ4v) is 4.32. The maximum absolute atomic E-state index is 13.2. The first-order valence-electron chi connectivity index (χ1n) is 10.1. The molecular formula is C24H23N3O3S. The highest BCUT2D eigenvalue weighted by atomic mass is 32.1. The highest BCUT2D eigenvalue weighted by Crippen LogP contribution is 2.18. The van der Waals surface area contributed by atoms with E-state index in [4.69, 9.17) is 0 Å². The molecule has 1 amide bonds. The van der Waals surface area contributed by atoms with Gasteiger partial charge < -0.3 is 5.32 Å². The van der Waals surface area contributed by atoms with Gasteiger partial charge in [0.25, 0.3) is 5.56 Å². The van der Waals surface area contributed by atoms with Gasteiger partial charge in [-0.1, -0.05) is 30.3 Å². The van der Waals surface area contributed by atoms with E-state index in [0.29, 0.717) is 23.0 Å². The highest BCUT2D eigenvalue weighted by molar-refractivity contribution is 7.09. The Hall–Kier alpha value is -3.45. The number of nitrogens with zero attached hydrogens (tertiary/aromatic N) is 2. The molecule has 0 atom stereocenters. The molecule has 0 bridgehead atoms. The van der Waals surface area contributed by atoms with E-state index < -0.39 is 5.69 Å². The molecule has 6 nitrogen and oxygen atoms in total. The van der Waals surface area contributed by atoms with Crippen molar-refractivity contribution in [3.8, 4) is 0 Å². The smallest absolute Gasteiger partial charge is 0.324 e. The monoisotopic (exact) mass is 433 g/mol. The van der Waals surface area contributed by atoms with Crippen LogP contribution in [0, 0.1) is 13.8 Å². The number of amides is 1. The number of hydrogen-bond acceptors (Lipinski definition) is 4. The van der Waals surface area contributed by atoms with Crippen LogP contribution in [0.5, 0.6) is 0 Å². The molecule has 158 valence electrons. The Balaban J connectivity index is 1.70. The predicted molar refractivity (Wildman–Crippen MR) is 125 cm³/mol. The van der Waals surface area contributed by atoms with Crippen molar-refractivity contribution < 1.29 is 4.79 Å². The molecule has 2 heterocycles. The van der Waals surface area contributed by atoms with Crippen molar-refractivity contribution in [3.63, 3.8) is 0 Å². The van der Waals surface area contributed by atoms with Crippen LogP contribution in [0.1, 0.15) is 16.0 Å². The lowest BCUT2D eigenvalue weighted by Gasteiger charge is -2.15. The van der Waals surface area contributed by atoms with E-state index in [-0.39, 0.29) is 24.6 Å². The van der Waals surface area contributed by atoms with E-state index in [1.165, 1.54) is 9.13 Å². The number of carbonyl (C=O) groups is 1. The molecule has 0 spiro atoms. The molecule has 1 N–H and O–H groups in total. The topological polar surface area (TPSA) is 73.1 Å². The van der Waals surface area contributed by atoms with Crippen molar-refractivity contribution in [2.45, 2.75) is 33.4 Å². The lowest BCUT2D eigenvalue weighted by molar-refractivity contribution is -0.116. The van der Waals surface area contributed by atoms with Crippen molar-refractivity contribution in [3.05, 3.63) is 96.8 Å². The minimum Gasteiger partial charge on any atom is -0.324 e. The molecule has 0 radical (unpaired) electrons. The molecule has 0 saturated carbocycles. The van der Waals surface area contributed by atoms with Crippen LogP contribution in [0.4, 0.5) is 5.69 Å². The third-order valence-electron chi connectivity index (χ3n) is 5.47. The summed E-state index contributed by atoms with van der Waals surface area (Å²) in [6.45, 7) is 4.01. The van der Waals surface area contributed by atoms with Crippen LogP contribution in [0.15, 0.2) is 69.6 Å². The minimum absolute atomic E-state index is 0.175. The van der Waals surface area contributed by atoms with E-state index in [2.05, 4.69) is 5.32 Å². The average molecular weight is 434 g/mol. The van der Waals surface area contributed by atoms with Gasteiger partial charge in [-0.3, -0.25) is 18.7 Å². The van der Waals surface area contributed by atoms with Gasteiger partial charge in [-0.2, -0.15) is 0 Å². The van der Waals surface area contributed by atoms with Crippen LogP contribution < -0.4 is 16.6 Å². The maximum atomic E-state index is 13.2. The minimum atomic E-state index is -0.476. The number of carbonyl (C=O) groups excluding carboxylic acids is 1. The number of thiophene rings is 1. The lowest BCUT2D eigenvalue weighted by Crippen LogP contribution is -2.42. The zero-order valence-electron chi connectivity index (χ0n) is 17.4. The number of anilines is 1. The highest BCUT2D eigenvalue weighted by Gasteiger charge is 2.16. The summed E-state index contributed by atoms with van der Waals surface area (Å²) < 4.78 is 2.61. The maximum Gasteiger partial charge on any atom is 0.331 e. The zero-order chi connectivity index (χ0) is 22.0. The first kappa shape index (κ1) is 20.8. The molecule has 4 aromatic rings. The summed E-state index contributed by atoms with van der Waals surface area (Å²) in [5.74, 6) is -0.315. The summed E-state index contributed by atoms with van der Waals surface area (Å²) in [6.07, 6.45) is 0.583. The number of hydrogen-bond donors (Lipinski definition) is 1. The molecule has 0 aliphatic carbocycles. The SMILES string of the molecule is Cc1cccc(NC(=O)Cn2c(=O)n(CCc3cccs3)c(=O)c3ccccc32)c1C. The van der Waals surface area contributed by atoms with Gasteiger partial charge in [0.05, 0.1) is 10.9 Å². The van der Waals surface area contributed by atoms with Gasteiger partial charge in [0.2, 0.25) is 5.91 Å². The summed E-state index contributed by atoms with van der Waals surface area (Å²) in [5.41, 5.74) is 2.42. The molecule has 0 aliphatic heterocycles. The number of aromatic nitrogens is 2. The second kappa shape index (κ2) is 8.73. The number of nitrogens with one attached hydrogen (secondary N) is 1. The second-order valence-corrected chi connectivity index (χ2v) is 8.50. The summed E-state index contributed by atoms with van der Waals surface area (Å²) in [4.78, 5) is 40.1. The third kappa shape index (κ3) is 4.22. The molecule has 0 unspecified atom stereocenters. The second-order valence-electron chi connectivity index (χ2n) is 7.47. The summed E-state index contributed by atoms with van der Waals surface area (Å²) in [6, 6.07) is 16.5. The quantitative estimate of drug-likeness (QED) is 0.504. The molecular weight excluding hydrogens is 410 g/mol. The van der Waals surface area contributed by atoms with Gasteiger partial charge in [-0.05, 0) is 61.0 Å². The molecule has 0 aliphatic rings. The van der Waals surface area contributed by atoms with Crippen LogP contribution in [0.25, 0.3) is 10.9 Å². The number of aryl methyl sites for hydroxylation is 2. The average Bonchev–Trinajstić information content (AvgIpc) is 3.28. The van der Waals surface area contributed by atoms with Crippen LogP contribution in [-0.4, -0.2) is 15.0 Å². The van der Waals surface area contributed by atoms with Gasteiger partial charge in [0.1, 0.15) is 6.54 Å². The largest absolute Gasteiger partial charge is 0.331 e. The van der Waals surface area contributed by atoms with Crippen molar-refractivity contribution in [1.29, 1.82) is 0 Å².